The number of nitrogens with two attached hydrogens (primary N) is 1. The number of ether oxygens (including phenoxy) is 9. The Morgan fingerprint density at radius 1 is 0.622 bits per heavy atom. The van der Waals surface area contributed by atoms with Gasteiger partial charge in [-0.25, -0.2) is 19.6 Å². The van der Waals surface area contributed by atoms with Gasteiger partial charge in [-0.05, 0) is 102 Å². The average molecular weight is 1160 g/mol. The summed E-state index contributed by atoms with van der Waals surface area (Å²) in [5, 5.41) is 8.58. The maximum atomic E-state index is 13.0. The van der Waals surface area contributed by atoms with Crippen molar-refractivity contribution >= 4 is 58.1 Å². The number of amides is 2. The van der Waals surface area contributed by atoms with Gasteiger partial charge in [0, 0.05) is 96.0 Å². The van der Waals surface area contributed by atoms with Crippen molar-refractivity contribution in [2.75, 3.05) is 117 Å². The summed E-state index contributed by atoms with van der Waals surface area (Å²) in [7, 11) is 1.22. The first-order chi connectivity index (χ1) is 39.9. The number of aromatic amines is 1. The normalized spacial score (nSPS) is 12.0. The molecule has 460 valence electrons. The number of unbranched alkanes of at least 4 members (excludes halogenated alkanes) is 6. The van der Waals surface area contributed by atoms with Crippen molar-refractivity contribution in [1.29, 1.82) is 0 Å². The monoisotopic (exact) mass is 1160 g/mol. The number of rotatable bonds is 52. The summed E-state index contributed by atoms with van der Waals surface area (Å²) in [6, 6.07) is 5.53. The van der Waals surface area contributed by atoms with Crippen LogP contribution in [0.15, 0.2) is 35.3 Å². The Kier molecular flexibility index (Phi) is 39.0. The molecule has 2 heterocycles. The van der Waals surface area contributed by atoms with E-state index in [0.29, 0.717) is 161 Å². The van der Waals surface area contributed by atoms with Crippen LogP contribution in [0, 0.1) is 0 Å². The third-order valence-corrected chi connectivity index (χ3v) is 12.6. The van der Waals surface area contributed by atoms with Gasteiger partial charge in [-0.3, -0.25) is 29.0 Å². The van der Waals surface area contributed by atoms with Crippen molar-refractivity contribution in [2.24, 2.45) is 0 Å². The zero-order valence-corrected chi connectivity index (χ0v) is 48.7. The molecule has 0 saturated heterocycles. The van der Waals surface area contributed by atoms with Gasteiger partial charge in [0.1, 0.15) is 36.1 Å². The van der Waals surface area contributed by atoms with Crippen LogP contribution in [0.2, 0.25) is 0 Å². The number of Topliss-reactive ketones (excluding diaryl/α,β-unsaturated/α-hetero) is 3. The maximum Gasteiger partial charge on any atom is 0.407 e. The van der Waals surface area contributed by atoms with Gasteiger partial charge in [-0.15, -0.1) is 0 Å². The van der Waals surface area contributed by atoms with Crippen LogP contribution in [0.3, 0.4) is 0 Å². The fourth-order valence-electron chi connectivity index (χ4n) is 7.94. The number of nitrogens with one attached hydrogen (secondary N) is 4. The van der Waals surface area contributed by atoms with Crippen LogP contribution in [0.4, 0.5) is 16.4 Å². The third-order valence-electron chi connectivity index (χ3n) is 12.6. The van der Waals surface area contributed by atoms with E-state index < -0.39 is 29.6 Å². The van der Waals surface area contributed by atoms with Crippen LogP contribution in [-0.2, 0) is 68.4 Å². The van der Waals surface area contributed by atoms with Crippen molar-refractivity contribution in [3.63, 3.8) is 0 Å². The van der Waals surface area contributed by atoms with E-state index in [-0.39, 0.29) is 66.6 Å². The summed E-state index contributed by atoms with van der Waals surface area (Å²) >= 11 is 0. The molecule has 1 aromatic carbocycles. The second kappa shape index (κ2) is 45.5. The Hall–Kier alpha value is -6.02. The lowest BCUT2D eigenvalue weighted by molar-refractivity contribution is -0.143. The topological polar surface area (TPSA) is 319 Å². The van der Waals surface area contributed by atoms with Crippen molar-refractivity contribution < 1.29 is 71.4 Å². The standard InChI is InChI=1S/C58H92N8O16/c1-4-6-33-81-50(42-75-5-2)43-82-58(73)60-28-12-7-8-17-47(67)18-9-13-29-76-34-35-79-32-16-21-48(68)19-10-14-30-77-36-38-80-39-37-78-31-15-11-20-49(69)26-27-51(56(72)74-3)64-54(70)44-22-24-45(25-23-44)61-40-46-41-62-53-52(63-46)55(71)66-57(59)65-53/h22-25,41,50-51,61H,4-21,26-40,42-43H2,1-3H3,(H,60,73)(H,64,70)(H3,59,62,65,66,71)/t50-,51+/m0/s1. The SMILES string of the molecule is CCCCO[C@@H](COCC)COC(=O)NCCCCCC(=O)CCCCOCCOCCCC(=O)CCCCOCCOCCOCCCCC(=O)CC[C@@H](NC(=O)c1ccc(NCc2cnc3nc(N)[nH]c(=O)c3n2)cc1)C(=O)OC. The Bertz CT molecular complexity index is 2320. The zero-order chi connectivity index (χ0) is 59.3. The molecule has 3 aromatic rings. The number of H-pyrrole nitrogens is 1. The lowest BCUT2D eigenvalue weighted by Crippen LogP contribution is -2.41. The van der Waals surface area contributed by atoms with Crippen LogP contribution in [0.25, 0.3) is 11.2 Å². The second-order valence-electron chi connectivity index (χ2n) is 19.5. The molecular weight excluding hydrogens is 1060 g/mol. The number of ketones is 3. The van der Waals surface area contributed by atoms with E-state index >= 15 is 0 Å². The molecule has 0 unspecified atom stereocenters. The molecule has 0 saturated carbocycles. The number of carbonyl (C=O) groups is 6. The average Bonchev–Trinajstić information content (AvgIpc) is 3.55. The van der Waals surface area contributed by atoms with Crippen molar-refractivity contribution in [3.05, 3.63) is 52.1 Å². The van der Waals surface area contributed by atoms with E-state index in [0.717, 1.165) is 57.8 Å². The second-order valence-corrected chi connectivity index (χ2v) is 19.5. The maximum absolute atomic E-state index is 13.0. The number of nitrogen functional groups attached to an aromatic ring is 1. The van der Waals surface area contributed by atoms with E-state index in [2.05, 4.69) is 42.8 Å². The number of fused-ring (bicyclic) bond motifs is 1. The Morgan fingerprint density at radius 3 is 1.77 bits per heavy atom. The lowest BCUT2D eigenvalue weighted by atomic mass is 10.0. The molecule has 3 rings (SSSR count). The number of nitrogens with zero attached hydrogens (tertiary/aromatic N) is 3. The van der Waals surface area contributed by atoms with Gasteiger partial charge in [0.2, 0.25) is 5.95 Å². The third kappa shape index (κ3) is 33.8. The summed E-state index contributed by atoms with van der Waals surface area (Å²) in [4.78, 5) is 102. The molecule has 0 fully saturated rings. The van der Waals surface area contributed by atoms with Crippen molar-refractivity contribution in [2.45, 2.75) is 155 Å². The fourth-order valence-corrected chi connectivity index (χ4v) is 7.94. The van der Waals surface area contributed by atoms with Gasteiger partial charge < -0.3 is 64.3 Å². The van der Waals surface area contributed by atoms with Gasteiger partial charge in [0.15, 0.2) is 11.2 Å². The number of hydrogen-bond donors (Lipinski definition) is 5. The first kappa shape index (κ1) is 70.2. The van der Waals surface area contributed by atoms with E-state index in [4.69, 9.17) is 48.4 Å². The lowest BCUT2D eigenvalue weighted by Gasteiger charge is -2.18. The summed E-state index contributed by atoms with van der Waals surface area (Å²) in [6.07, 6.45) is 12.8. The Balaban J connectivity index is 1.04. The first-order valence-electron chi connectivity index (χ1n) is 29.2. The van der Waals surface area contributed by atoms with Gasteiger partial charge in [-0.1, -0.05) is 19.8 Å². The molecule has 0 aliphatic carbocycles. The summed E-state index contributed by atoms with van der Waals surface area (Å²) in [5.74, 6) is -0.768. The number of esters is 1. The molecule has 24 heteroatoms. The van der Waals surface area contributed by atoms with Crippen LogP contribution < -0.4 is 27.2 Å². The number of hydrogen-bond acceptors (Lipinski definition) is 21. The van der Waals surface area contributed by atoms with E-state index in [9.17, 15) is 33.6 Å². The summed E-state index contributed by atoms with van der Waals surface area (Å²) in [5.41, 5.74) is 6.73. The Morgan fingerprint density at radius 2 is 1.18 bits per heavy atom. The number of methoxy groups -OCH3 is 1. The Labute approximate surface area is 482 Å². The van der Waals surface area contributed by atoms with Crippen molar-refractivity contribution in [3.8, 4) is 0 Å². The highest BCUT2D eigenvalue weighted by Gasteiger charge is 2.23. The van der Waals surface area contributed by atoms with Crippen molar-refractivity contribution in [1.82, 2.24) is 30.6 Å². The molecule has 2 aromatic heterocycles. The summed E-state index contributed by atoms with van der Waals surface area (Å²) in [6.45, 7) is 11.2. The minimum absolute atomic E-state index is 0.0353. The highest BCUT2D eigenvalue weighted by atomic mass is 16.6. The molecule has 2 atom stereocenters. The molecule has 0 spiro atoms. The van der Waals surface area contributed by atoms with E-state index in [1.807, 2.05) is 6.92 Å². The van der Waals surface area contributed by atoms with Crippen LogP contribution >= 0.6 is 0 Å². The van der Waals surface area contributed by atoms with Gasteiger partial charge >= 0.3 is 12.1 Å². The predicted octanol–water partition coefficient (Wildman–Crippen LogP) is 6.55. The van der Waals surface area contributed by atoms with Gasteiger partial charge in [0.25, 0.3) is 11.5 Å². The number of benzene rings is 1. The van der Waals surface area contributed by atoms with Gasteiger partial charge in [0.05, 0.1) is 71.8 Å². The van der Waals surface area contributed by atoms with E-state index in [1.165, 1.54) is 13.3 Å². The van der Waals surface area contributed by atoms with Crippen LogP contribution in [-0.4, -0.2) is 174 Å². The van der Waals surface area contributed by atoms with Gasteiger partial charge in [-0.2, -0.15) is 4.98 Å². The van der Waals surface area contributed by atoms with E-state index in [1.54, 1.807) is 24.3 Å². The molecule has 0 aliphatic rings. The zero-order valence-electron chi connectivity index (χ0n) is 48.7. The highest BCUT2D eigenvalue weighted by molar-refractivity contribution is 5.97. The number of aromatic nitrogens is 4. The highest BCUT2D eigenvalue weighted by Crippen LogP contribution is 2.14. The quantitative estimate of drug-likeness (QED) is 0.0295. The molecule has 82 heavy (non-hydrogen) atoms. The minimum atomic E-state index is -1.00. The molecule has 2 amide bonds. The fraction of sp³-hybridized carbons (Fsp3) is 0.690. The number of anilines is 2. The molecule has 0 bridgehead atoms. The smallest absolute Gasteiger partial charge is 0.407 e. The van der Waals surface area contributed by atoms with Crippen LogP contribution in [0.5, 0.6) is 0 Å². The molecular formula is C58H92N8O16. The minimum Gasteiger partial charge on any atom is -0.467 e. The molecule has 6 N–H and O–H groups in total. The molecule has 0 aliphatic heterocycles. The molecule has 24 nitrogen and oxygen atoms in total. The summed E-state index contributed by atoms with van der Waals surface area (Å²) < 4.78 is 49.4. The largest absolute Gasteiger partial charge is 0.467 e. The number of alkyl carbamates (subject to hydrolysis) is 1. The molecule has 0 radical (unpaired) electrons. The number of carbonyl (C=O) groups excluding carboxylic acids is 6. The van der Waals surface area contributed by atoms with Crippen LogP contribution in [0.1, 0.15) is 152 Å². The first-order valence-corrected chi connectivity index (χ1v) is 29.2. The predicted molar refractivity (Wildman–Crippen MR) is 308 cm³/mol.